The van der Waals surface area contributed by atoms with Crippen molar-refractivity contribution in [2.75, 3.05) is 11.9 Å². The smallest absolute Gasteiger partial charge is 0.411 e. The summed E-state index contributed by atoms with van der Waals surface area (Å²) < 4.78 is 23.8. The second-order valence-electron chi connectivity index (χ2n) is 5.01. The molecule has 0 radical (unpaired) electrons. The average Bonchev–Trinajstić information content (AvgIpc) is 2.60. The number of hydrogen-bond acceptors (Lipinski definition) is 4. The van der Waals surface area contributed by atoms with Crippen LogP contribution in [0, 0.1) is 5.82 Å². The van der Waals surface area contributed by atoms with Crippen LogP contribution >= 0.6 is 0 Å². The molecule has 0 aliphatic carbocycles. The van der Waals surface area contributed by atoms with Gasteiger partial charge in [-0.2, -0.15) is 0 Å². The molecule has 6 heteroatoms. The van der Waals surface area contributed by atoms with Crippen molar-refractivity contribution < 1.29 is 23.5 Å². The molecular weight excluding hydrogens is 325 g/mol. The van der Waals surface area contributed by atoms with Crippen LogP contribution in [0.5, 0.6) is 0 Å². The highest BCUT2D eigenvalue weighted by Gasteiger charge is 2.07. The van der Waals surface area contributed by atoms with E-state index in [0.717, 1.165) is 17.7 Å². The number of benzene rings is 2. The van der Waals surface area contributed by atoms with Crippen LogP contribution in [0.25, 0.3) is 6.08 Å². The second kappa shape index (κ2) is 9.22. The van der Waals surface area contributed by atoms with Crippen LogP contribution in [0.2, 0.25) is 0 Å². The molecule has 0 aliphatic heterocycles. The molecule has 0 atom stereocenters. The number of halogens is 1. The molecule has 2 aromatic rings. The summed E-state index contributed by atoms with van der Waals surface area (Å²) in [6.45, 7) is 2.05. The van der Waals surface area contributed by atoms with Gasteiger partial charge in [-0.3, -0.25) is 5.32 Å². The van der Waals surface area contributed by atoms with Crippen LogP contribution in [0.4, 0.5) is 14.9 Å². The summed E-state index contributed by atoms with van der Waals surface area (Å²) in [4.78, 5) is 23.0. The van der Waals surface area contributed by atoms with Gasteiger partial charge in [0.2, 0.25) is 0 Å². The number of anilines is 1. The number of carbonyl (C=O) groups is 2. The number of ether oxygens (including phenoxy) is 2. The van der Waals surface area contributed by atoms with Gasteiger partial charge in [0.1, 0.15) is 12.4 Å². The Kier molecular flexibility index (Phi) is 6.71. The van der Waals surface area contributed by atoms with Gasteiger partial charge >= 0.3 is 12.1 Å². The van der Waals surface area contributed by atoms with Gasteiger partial charge in [0.15, 0.2) is 0 Å². The van der Waals surface area contributed by atoms with Gasteiger partial charge in [0.25, 0.3) is 0 Å². The zero-order valence-corrected chi connectivity index (χ0v) is 13.7. The van der Waals surface area contributed by atoms with E-state index in [0.29, 0.717) is 0 Å². The van der Waals surface area contributed by atoms with Gasteiger partial charge < -0.3 is 9.47 Å². The van der Waals surface area contributed by atoms with E-state index >= 15 is 0 Å². The van der Waals surface area contributed by atoms with Crippen LogP contribution < -0.4 is 5.32 Å². The minimum absolute atomic E-state index is 0.121. The van der Waals surface area contributed by atoms with Gasteiger partial charge in [-0.25, -0.2) is 14.0 Å². The van der Waals surface area contributed by atoms with Crippen molar-refractivity contribution in [3.63, 3.8) is 0 Å². The van der Waals surface area contributed by atoms with E-state index in [1.54, 1.807) is 6.92 Å². The van der Waals surface area contributed by atoms with Crippen molar-refractivity contribution in [2.45, 2.75) is 13.5 Å². The molecule has 0 aromatic heterocycles. The molecule has 0 bridgehead atoms. The Balaban J connectivity index is 1.91. The van der Waals surface area contributed by atoms with Crippen molar-refractivity contribution in [2.24, 2.45) is 0 Å². The van der Waals surface area contributed by atoms with E-state index in [4.69, 9.17) is 9.47 Å². The van der Waals surface area contributed by atoms with E-state index in [-0.39, 0.29) is 24.5 Å². The van der Waals surface area contributed by atoms with Gasteiger partial charge in [0, 0.05) is 17.3 Å². The molecule has 1 amide bonds. The standard InChI is InChI=1S/C19H18FNO4/c1-2-24-18(22)11-9-15-8-10-16(12-17(15)20)21-19(23)25-13-14-6-4-3-5-7-14/h3-12H,2,13H2,1H3,(H,21,23). The summed E-state index contributed by atoms with van der Waals surface area (Å²) in [7, 11) is 0. The molecule has 25 heavy (non-hydrogen) atoms. The van der Waals surface area contributed by atoms with Gasteiger partial charge in [-0.15, -0.1) is 0 Å². The molecule has 5 nitrogen and oxygen atoms in total. The molecule has 0 spiro atoms. The zero-order valence-electron chi connectivity index (χ0n) is 13.7. The third-order valence-corrected chi connectivity index (χ3v) is 3.15. The number of nitrogens with one attached hydrogen (secondary N) is 1. The molecule has 0 unspecified atom stereocenters. The lowest BCUT2D eigenvalue weighted by molar-refractivity contribution is -0.137. The van der Waals surface area contributed by atoms with Crippen molar-refractivity contribution in [3.8, 4) is 0 Å². The summed E-state index contributed by atoms with van der Waals surface area (Å²) in [5.74, 6) is -1.13. The summed E-state index contributed by atoms with van der Waals surface area (Å²) in [6.07, 6.45) is 1.77. The van der Waals surface area contributed by atoms with E-state index in [1.807, 2.05) is 30.3 Å². The minimum Gasteiger partial charge on any atom is -0.463 e. The fourth-order valence-electron chi connectivity index (χ4n) is 1.97. The van der Waals surface area contributed by atoms with Gasteiger partial charge in [0.05, 0.1) is 6.61 Å². The normalized spacial score (nSPS) is 10.5. The lowest BCUT2D eigenvalue weighted by atomic mass is 10.2. The lowest BCUT2D eigenvalue weighted by Crippen LogP contribution is -2.13. The Morgan fingerprint density at radius 3 is 2.56 bits per heavy atom. The summed E-state index contributed by atoms with van der Waals surface area (Å²) in [5, 5.41) is 2.45. The summed E-state index contributed by atoms with van der Waals surface area (Å²) in [6, 6.07) is 13.3. The maximum atomic E-state index is 14.0. The summed E-state index contributed by atoms with van der Waals surface area (Å²) in [5.41, 5.74) is 1.31. The number of hydrogen-bond donors (Lipinski definition) is 1. The Hall–Kier alpha value is -3.15. The SMILES string of the molecule is CCOC(=O)C=Cc1ccc(NC(=O)OCc2ccccc2)cc1F. The molecule has 0 heterocycles. The highest BCUT2D eigenvalue weighted by Crippen LogP contribution is 2.16. The fraction of sp³-hybridized carbons (Fsp3) is 0.158. The summed E-state index contributed by atoms with van der Waals surface area (Å²) >= 11 is 0. The number of rotatable bonds is 6. The molecule has 0 saturated carbocycles. The largest absolute Gasteiger partial charge is 0.463 e. The molecule has 0 saturated heterocycles. The molecule has 2 aromatic carbocycles. The monoisotopic (exact) mass is 343 g/mol. The van der Waals surface area contributed by atoms with Crippen LogP contribution in [-0.4, -0.2) is 18.7 Å². The van der Waals surface area contributed by atoms with Gasteiger partial charge in [-0.05, 0) is 36.8 Å². The lowest BCUT2D eigenvalue weighted by Gasteiger charge is -2.08. The van der Waals surface area contributed by atoms with Crippen LogP contribution in [0.15, 0.2) is 54.6 Å². The number of carbonyl (C=O) groups excluding carboxylic acids is 2. The second-order valence-corrected chi connectivity index (χ2v) is 5.01. The van der Waals surface area contributed by atoms with Crippen LogP contribution in [0.1, 0.15) is 18.1 Å². The predicted molar refractivity (Wildman–Crippen MR) is 92.3 cm³/mol. The Morgan fingerprint density at radius 1 is 1.12 bits per heavy atom. The van der Waals surface area contributed by atoms with E-state index in [1.165, 1.54) is 18.2 Å². The molecule has 1 N–H and O–H groups in total. The zero-order chi connectivity index (χ0) is 18.1. The fourth-order valence-corrected chi connectivity index (χ4v) is 1.97. The van der Waals surface area contributed by atoms with E-state index < -0.39 is 17.9 Å². The first-order chi connectivity index (χ1) is 12.1. The number of amides is 1. The third kappa shape index (κ3) is 6.10. The first-order valence-electron chi connectivity index (χ1n) is 7.70. The van der Waals surface area contributed by atoms with Crippen LogP contribution in [0.3, 0.4) is 0 Å². The Bertz CT molecular complexity index is 759. The maximum Gasteiger partial charge on any atom is 0.411 e. The topological polar surface area (TPSA) is 64.6 Å². The molecule has 130 valence electrons. The third-order valence-electron chi connectivity index (χ3n) is 3.15. The Labute approximate surface area is 145 Å². The molecular formula is C19H18FNO4. The number of esters is 1. The van der Waals surface area contributed by atoms with Crippen molar-refractivity contribution in [1.29, 1.82) is 0 Å². The Morgan fingerprint density at radius 2 is 1.88 bits per heavy atom. The first-order valence-corrected chi connectivity index (χ1v) is 7.70. The van der Waals surface area contributed by atoms with E-state index in [9.17, 15) is 14.0 Å². The van der Waals surface area contributed by atoms with Crippen molar-refractivity contribution >= 4 is 23.8 Å². The minimum atomic E-state index is -0.682. The first kappa shape index (κ1) is 18.2. The van der Waals surface area contributed by atoms with Crippen molar-refractivity contribution in [3.05, 3.63) is 71.6 Å². The highest BCUT2D eigenvalue weighted by atomic mass is 19.1. The molecule has 0 fully saturated rings. The molecule has 0 aliphatic rings. The van der Waals surface area contributed by atoms with E-state index in [2.05, 4.69) is 5.32 Å². The van der Waals surface area contributed by atoms with Gasteiger partial charge in [-0.1, -0.05) is 30.3 Å². The highest BCUT2D eigenvalue weighted by molar-refractivity contribution is 5.87. The quantitative estimate of drug-likeness (QED) is 0.632. The maximum absolute atomic E-state index is 14.0. The predicted octanol–water partition coefficient (Wildman–Crippen LogP) is 4.15. The van der Waals surface area contributed by atoms with Crippen molar-refractivity contribution in [1.82, 2.24) is 0 Å². The van der Waals surface area contributed by atoms with Crippen LogP contribution in [-0.2, 0) is 20.9 Å². The molecule has 2 rings (SSSR count). The average molecular weight is 343 g/mol.